The number of nitrogens with zero attached hydrogens (tertiary/aromatic N) is 16. The molecule has 16 heteroatoms. The summed E-state index contributed by atoms with van der Waals surface area (Å²) in [5, 5.41) is 0. The second-order valence-corrected chi connectivity index (χ2v) is 28.0. The fraction of sp³-hybridized carbons (Fsp3) is 0.00952. The van der Waals surface area contributed by atoms with Crippen LogP contribution >= 0.6 is 0 Å². The highest BCUT2D eigenvalue weighted by molar-refractivity contribution is 5.87. The SMILES string of the molecule is [2H]c1c([2H])c([2H])c(-c2ccc(-c3cc(-c4ccc(-c5ccccn5)nc4)cc(-c4ccc(-c5ccccn5)nc4)c3C)cn2)c([2H])c1[2H].c1ccc(-c2ccc(-c3cc(-c4cccnc4)cc(-c4ccc(-c5cccc(-c6ccccn6)n5)nc4)c3)cn2)nc1.c1ccc(-c2ccc(-c3cc(-c4cccnc4)cc(-c4ccc(-c5ccccn5)nc4)c3)cn2)nc1. The van der Waals surface area contributed by atoms with Crippen molar-refractivity contribution in [3.05, 3.63) is 426 Å². The van der Waals surface area contributed by atoms with Gasteiger partial charge in [0, 0.05) is 161 Å². The van der Waals surface area contributed by atoms with E-state index in [4.69, 9.17) is 31.8 Å². The van der Waals surface area contributed by atoms with Gasteiger partial charge in [0.1, 0.15) is 0 Å². The van der Waals surface area contributed by atoms with Crippen molar-refractivity contribution in [1.29, 1.82) is 0 Å². The molecule has 0 aliphatic rings. The summed E-state index contributed by atoms with van der Waals surface area (Å²) in [6.45, 7) is 2.05. The van der Waals surface area contributed by atoms with Gasteiger partial charge in [-0.1, -0.05) is 127 Å². The third-order valence-corrected chi connectivity index (χ3v) is 20.2. The molecule has 0 bridgehead atoms. The van der Waals surface area contributed by atoms with Crippen LogP contribution in [0, 0.1) is 6.92 Å². The Morgan fingerprint density at radius 2 is 0.421 bits per heavy atom. The summed E-state index contributed by atoms with van der Waals surface area (Å²) in [7, 11) is 0. The van der Waals surface area contributed by atoms with Crippen LogP contribution in [0.1, 0.15) is 12.4 Å². The van der Waals surface area contributed by atoms with Gasteiger partial charge in [0.2, 0.25) is 0 Å². The molecule has 16 heterocycles. The largest absolute Gasteiger partial charge is 0.264 e. The molecule has 0 N–H and O–H groups in total. The molecule has 20 aromatic rings. The molecular weight excluding hydrogens is 1490 g/mol. The van der Waals surface area contributed by atoms with E-state index in [1.807, 2.05) is 251 Å². The maximum absolute atomic E-state index is 8.38. The standard InChI is InChI=1S/C38H27N5.C36H24N6.C31H21N5/c1-26-32(29-14-16-34(41-24-29)27-9-3-2-4-10-27)21-31(28-13-17-37(42-23-28)35-11-5-7-19-39-35)22-33(26)30-15-18-38(43-25-30)36-12-6-8-20-40-36;1-3-17-38-31(8-1)33-14-12-26(23-40-33)29-19-28(25-7-6-16-37-22-25)20-30(21-29)27-13-15-34(41-24-27)36-11-5-10-35(42-36)32-9-2-4-18-39-32;1-3-14-33-28(7-1)30-11-9-23(20-35-30)26-16-25(22-6-5-13-32-19-22)17-27(18-26)24-10-12-31(36-21-24)29-8-2-4-15-34-29/h2-25H,1H3;1-24H;1-21H/i2D,3D,4D,9D,10D;;. The van der Waals surface area contributed by atoms with Gasteiger partial charge in [0.05, 0.1) is 92.3 Å². The van der Waals surface area contributed by atoms with Crippen LogP contribution in [-0.2, 0) is 0 Å². The van der Waals surface area contributed by atoms with E-state index in [2.05, 4.69) is 140 Å². The minimum Gasteiger partial charge on any atom is -0.264 e. The van der Waals surface area contributed by atoms with Crippen molar-refractivity contribution in [2.24, 2.45) is 0 Å². The smallest absolute Gasteiger partial charge is 0.0894 e. The number of aromatic nitrogens is 16. The molecule has 16 nitrogen and oxygen atoms in total. The number of hydrogen-bond acceptors (Lipinski definition) is 16. The second kappa shape index (κ2) is 36.0. The van der Waals surface area contributed by atoms with E-state index in [0.29, 0.717) is 5.69 Å². The molecule has 121 heavy (non-hydrogen) atoms. The van der Waals surface area contributed by atoms with Crippen molar-refractivity contribution in [2.45, 2.75) is 6.92 Å². The Hall–Kier alpha value is -16.7. The first-order valence-corrected chi connectivity index (χ1v) is 39.0. The highest BCUT2D eigenvalue weighted by Crippen LogP contribution is 2.40. The maximum Gasteiger partial charge on any atom is 0.0894 e. The van der Waals surface area contributed by atoms with Gasteiger partial charge in [0.25, 0.3) is 0 Å². The van der Waals surface area contributed by atoms with Crippen molar-refractivity contribution >= 4 is 0 Å². The number of hydrogen-bond donors (Lipinski definition) is 0. The van der Waals surface area contributed by atoms with E-state index < -0.39 is 18.1 Å². The van der Waals surface area contributed by atoms with E-state index in [9.17, 15) is 0 Å². The average molecular weight is 1560 g/mol. The van der Waals surface area contributed by atoms with Gasteiger partial charge < -0.3 is 0 Å². The highest BCUT2D eigenvalue weighted by Gasteiger charge is 2.18. The average Bonchev–Trinajstić information content (AvgIpc) is 0.771. The Balaban J connectivity index is 0.000000129. The van der Waals surface area contributed by atoms with Crippen LogP contribution in [0.3, 0.4) is 0 Å². The molecule has 16 aromatic heterocycles. The number of benzene rings is 4. The van der Waals surface area contributed by atoms with Crippen LogP contribution in [0.4, 0.5) is 0 Å². The van der Waals surface area contributed by atoms with Crippen molar-refractivity contribution in [3.8, 4) is 191 Å². The molecule has 4 aromatic carbocycles. The van der Waals surface area contributed by atoms with E-state index >= 15 is 0 Å². The Morgan fingerprint density at radius 1 is 0.174 bits per heavy atom. The molecule has 0 amide bonds. The van der Waals surface area contributed by atoms with Crippen LogP contribution in [-0.4, -0.2) is 79.7 Å². The zero-order chi connectivity index (χ0) is 85.7. The molecular formula is C105H72N16. The lowest BCUT2D eigenvalue weighted by atomic mass is 9.89. The molecule has 0 unspecified atom stereocenters. The van der Waals surface area contributed by atoms with E-state index in [0.717, 1.165) is 185 Å². The first kappa shape index (κ1) is 69.8. The quantitative estimate of drug-likeness (QED) is 0.0831. The van der Waals surface area contributed by atoms with Crippen molar-refractivity contribution in [1.82, 2.24) is 79.7 Å². The fourth-order valence-electron chi connectivity index (χ4n) is 14.0. The zero-order valence-corrected chi connectivity index (χ0v) is 65.1. The minimum absolute atomic E-state index is 0.0665. The molecule has 0 aliphatic heterocycles. The normalized spacial score (nSPS) is 11.4. The highest BCUT2D eigenvalue weighted by atomic mass is 14.8. The Labute approximate surface area is 706 Å². The predicted octanol–water partition coefficient (Wildman–Crippen LogP) is 24.0. The number of pyridine rings is 16. The first-order valence-electron chi connectivity index (χ1n) is 41.5. The van der Waals surface area contributed by atoms with E-state index in [-0.39, 0.29) is 17.6 Å². The molecule has 0 fully saturated rings. The lowest BCUT2D eigenvalue weighted by Gasteiger charge is -2.16. The van der Waals surface area contributed by atoms with Gasteiger partial charge >= 0.3 is 0 Å². The Bertz CT molecular complexity index is 7040. The van der Waals surface area contributed by atoms with Gasteiger partial charge in [-0.05, 0) is 251 Å². The Morgan fingerprint density at radius 3 is 0.686 bits per heavy atom. The molecule has 572 valence electrons. The molecule has 0 spiro atoms. The van der Waals surface area contributed by atoms with Crippen LogP contribution in [0.25, 0.3) is 191 Å². The molecule has 0 saturated heterocycles. The van der Waals surface area contributed by atoms with Crippen LogP contribution in [0.15, 0.2) is 421 Å². The summed E-state index contributed by atoms with van der Waals surface area (Å²) in [5.41, 5.74) is 30.9. The first-order chi connectivity index (χ1) is 61.9. The van der Waals surface area contributed by atoms with Gasteiger partial charge in [-0.2, -0.15) is 0 Å². The van der Waals surface area contributed by atoms with Gasteiger partial charge in [-0.3, -0.25) is 74.8 Å². The Kier molecular flexibility index (Phi) is 20.7. The summed E-state index contributed by atoms with van der Waals surface area (Å²) >= 11 is 0. The summed E-state index contributed by atoms with van der Waals surface area (Å²) in [4.78, 5) is 72.9. The molecule has 0 saturated carbocycles. The van der Waals surface area contributed by atoms with Crippen LogP contribution in [0.5, 0.6) is 0 Å². The monoisotopic (exact) mass is 1560 g/mol. The van der Waals surface area contributed by atoms with Crippen LogP contribution in [0.2, 0.25) is 0 Å². The minimum atomic E-state index is -0.435. The summed E-state index contributed by atoms with van der Waals surface area (Å²) in [5.74, 6) is 0. The summed E-state index contributed by atoms with van der Waals surface area (Å²) in [6, 6.07) is 92.1. The molecule has 0 aliphatic carbocycles. The molecule has 0 atom stereocenters. The van der Waals surface area contributed by atoms with Gasteiger partial charge in [0.15, 0.2) is 0 Å². The molecule has 20 rings (SSSR count). The lowest BCUT2D eigenvalue weighted by molar-refractivity contribution is 1.22. The van der Waals surface area contributed by atoms with E-state index in [1.165, 1.54) is 0 Å². The summed E-state index contributed by atoms with van der Waals surface area (Å²) < 4.78 is 40.8. The fourth-order valence-corrected chi connectivity index (χ4v) is 14.0. The zero-order valence-electron chi connectivity index (χ0n) is 70.1. The third kappa shape index (κ3) is 17.9. The van der Waals surface area contributed by atoms with Crippen molar-refractivity contribution in [3.63, 3.8) is 0 Å². The third-order valence-electron chi connectivity index (χ3n) is 20.2. The maximum atomic E-state index is 8.38. The molecule has 0 radical (unpaired) electrons. The topological polar surface area (TPSA) is 206 Å². The van der Waals surface area contributed by atoms with Gasteiger partial charge in [-0.25, -0.2) is 4.98 Å². The van der Waals surface area contributed by atoms with Gasteiger partial charge in [-0.15, -0.1) is 0 Å². The number of rotatable bonds is 17. The van der Waals surface area contributed by atoms with E-state index in [1.54, 1.807) is 61.8 Å². The van der Waals surface area contributed by atoms with Crippen LogP contribution < -0.4 is 0 Å². The lowest BCUT2D eigenvalue weighted by Crippen LogP contribution is -1.94. The van der Waals surface area contributed by atoms with Crippen molar-refractivity contribution < 1.29 is 6.85 Å². The predicted molar refractivity (Wildman–Crippen MR) is 481 cm³/mol. The second-order valence-electron chi connectivity index (χ2n) is 28.0. The summed E-state index contributed by atoms with van der Waals surface area (Å²) in [6.07, 6.45) is 30.9. The van der Waals surface area contributed by atoms with Crippen molar-refractivity contribution in [2.75, 3.05) is 0 Å².